The quantitative estimate of drug-likeness (QED) is 0.463. The van der Waals surface area contributed by atoms with Crippen LogP contribution in [0.5, 0.6) is 5.88 Å². The van der Waals surface area contributed by atoms with E-state index >= 15 is 0 Å². The van der Waals surface area contributed by atoms with E-state index in [1.54, 1.807) is 25.4 Å². The molecule has 0 aromatic carbocycles. The zero-order valence-electron chi connectivity index (χ0n) is 14.5. The lowest BCUT2D eigenvalue weighted by Gasteiger charge is -2.26. The first kappa shape index (κ1) is 18.8. The predicted octanol–water partition coefficient (Wildman–Crippen LogP) is 2.44. The number of hydrogen-bond acceptors (Lipinski definition) is 4. The van der Waals surface area contributed by atoms with Crippen molar-refractivity contribution in [1.82, 2.24) is 15.2 Å². The highest BCUT2D eigenvalue weighted by atomic mass is 35.5. The molecule has 134 valence electrons. The molecule has 1 aromatic rings. The van der Waals surface area contributed by atoms with Crippen LogP contribution in [0.1, 0.15) is 19.3 Å². The van der Waals surface area contributed by atoms with Crippen molar-refractivity contribution in [2.45, 2.75) is 19.3 Å². The second-order valence-electron chi connectivity index (χ2n) is 5.90. The zero-order valence-corrected chi connectivity index (χ0v) is 15.3. The van der Waals surface area contributed by atoms with Gasteiger partial charge in [0, 0.05) is 46.1 Å². The van der Waals surface area contributed by atoms with E-state index in [0.717, 1.165) is 31.6 Å². The molecule has 1 aromatic heterocycles. The highest BCUT2D eigenvalue weighted by molar-refractivity contribution is 6.30. The Balaban J connectivity index is 1.64. The maximum Gasteiger partial charge on any atom is 0.213 e. The van der Waals surface area contributed by atoms with Crippen molar-refractivity contribution in [2.75, 3.05) is 47.0 Å². The Labute approximate surface area is 149 Å². The van der Waals surface area contributed by atoms with E-state index in [4.69, 9.17) is 21.1 Å². The van der Waals surface area contributed by atoms with Gasteiger partial charge in [0.2, 0.25) is 5.88 Å². The molecule has 0 aliphatic carbocycles. The van der Waals surface area contributed by atoms with Crippen molar-refractivity contribution < 1.29 is 9.47 Å². The molecule has 24 heavy (non-hydrogen) atoms. The molecule has 0 spiro atoms. The molecule has 0 saturated carbocycles. The minimum absolute atomic E-state index is 0.515. The summed E-state index contributed by atoms with van der Waals surface area (Å²) in [4.78, 5) is 10.6. The summed E-state index contributed by atoms with van der Waals surface area (Å²) >= 11 is 5.80. The van der Waals surface area contributed by atoms with Crippen LogP contribution in [0.4, 0.5) is 0 Å². The van der Waals surface area contributed by atoms with E-state index in [9.17, 15) is 0 Å². The third-order valence-corrected chi connectivity index (χ3v) is 4.35. The highest BCUT2D eigenvalue weighted by Crippen LogP contribution is 2.18. The lowest BCUT2D eigenvalue weighted by molar-refractivity contribution is 0.0625. The molecular formula is C17H27ClN4O2. The standard InChI is InChI=1S/C17H27ClN4O2/c1-19-17(22(2)9-5-14-6-10-23-11-7-14)20-8-12-24-16-4-3-15(18)13-21-16/h3-4,13-14H,5-12H2,1-2H3,(H,19,20). The normalized spacial score (nSPS) is 16.0. The summed E-state index contributed by atoms with van der Waals surface area (Å²) in [6.45, 7) is 3.97. The Morgan fingerprint density at radius 3 is 2.92 bits per heavy atom. The molecule has 1 N–H and O–H groups in total. The maximum atomic E-state index is 5.80. The Morgan fingerprint density at radius 1 is 1.46 bits per heavy atom. The molecule has 6 nitrogen and oxygen atoms in total. The zero-order chi connectivity index (χ0) is 17.2. The van der Waals surface area contributed by atoms with Crippen molar-refractivity contribution in [3.8, 4) is 5.88 Å². The van der Waals surface area contributed by atoms with E-state index in [1.807, 2.05) is 0 Å². The van der Waals surface area contributed by atoms with E-state index in [1.165, 1.54) is 19.3 Å². The summed E-state index contributed by atoms with van der Waals surface area (Å²) in [6.07, 6.45) is 5.09. The third-order valence-electron chi connectivity index (χ3n) is 4.12. The number of guanidine groups is 1. The number of nitrogens with one attached hydrogen (secondary N) is 1. The summed E-state index contributed by atoms with van der Waals surface area (Å²) in [6, 6.07) is 3.53. The van der Waals surface area contributed by atoms with Crippen molar-refractivity contribution in [2.24, 2.45) is 10.9 Å². The Hall–Kier alpha value is -1.53. The molecule has 0 atom stereocenters. The van der Waals surface area contributed by atoms with Crippen molar-refractivity contribution in [3.05, 3.63) is 23.4 Å². The number of ether oxygens (including phenoxy) is 2. The van der Waals surface area contributed by atoms with Gasteiger partial charge in [0.15, 0.2) is 5.96 Å². The van der Waals surface area contributed by atoms with Gasteiger partial charge in [-0.25, -0.2) is 4.98 Å². The van der Waals surface area contributed by atoms with Gasteiger partial charge < -0.3 is 19.7 Å². The van der Waals surface area contributed by atoms with Crippen LogP contribution in [-0.2, 0) is 4.74 Å². The van der Waals surface area contributed by atoms with Gasteiger partial charge in [-0.05, 0) is 31.2 Å². The van der Waals surface area contributed by atoms with Crippen LogP contribution in [0.15, 0.2) is 23.3 Å². The topological polar surface area (TPSA) is 59.0 Å². The van der Waals surface area contributed by atoms with Gasteiger partial charge in [-0.1, -0.05) is 11.6 Å². The van der Waals surface area contributed by atoms with Gasteiger partial charge in [-0.2, -0.15) is 0 Å². The number of pyridine rings is 1. The number of rotatable bonds is 7. The molecule has 1 fully saturated rings. The summed E-state index contributed by atoms with van der Waals surface area (Å²) in [7, 11) is 3.87. The molecule has 1 saturated heterocycles. The van der Waals surface area contributed by atoms with E-state index in [-0.39, 0.29) is 0 Å². The monoisotopic (exact) mass is 354 g/mol. The molecule has 7 heteroatoms. The fourth-order valence-corrected chi connectivity index (χ4v) is 2.78. The maximum absolute atomic E-state index is 5.80. The largest absolute Gasteiger partial charge is 0.476 e. The van der Waals surface area contributed by atoms with Crippen LogP contribution in [-0.4, -0.2) is 62.8 Å². The van der Waals surface area contributed by atoms with Crippen LogP contribution in [0, 0.1) is 5.92 Å². The van der Waals surface area contributed by atoms with Crippen LogP contribution >= 0.6 is 11.6 Å². The SMILES string of the molecule is CN=C(NCCOc1ccc(Cl)cn1)N(C)CCC1CCOCC1. The smallest absolute Gasteiger partial charge is 0.213 e. The minimum atomic E-state index is 0.515. The second kappa shape index (κ2) is 10.4. The lowest BCUT2D eigenvalue weighted by atomic mass is 9.96. The predicted molar refractivity (Wildman–Crippen MR) is 96.9 cm³/mol. The number of halogens is 1. The molecule has 1 aliphatic rings. The van der Waals surface area contributed by atoms with Gasteiger partial charge in [-0.3, -0.25) is 4.99 Å². The van der Waals surface area contributed by atoms with Crippen molar-refractivity contribution in [3.63, 3.8) is 0 Å². The fourth-order valence-electron chi connectivity index (χ4n) is 2.67. The average Bonchev–Trinajstić information content (AvgIpc) is 2.62. The molecule has 1 aliphatic heterocycles. The Kier molecular flexibility index (Phi) is 8.12. The lowest BCUT2D eigenvalue weighted by Crippen LogP contribution is -2.41. The second-order valence-corrected chi connectivity index (χ2v) is 6.34. The molecule has 0 unspecified atom stereocenters. The van der Waals surface area contributed by atoms with Crippen molar-refractivity contribution in [1.29, 1.82) is 0 Å². The first-order valence-corrected chi connectivity index (χ1v) is 8.80. The van der Waals surface area contributed by atoms with Crippen LogP contribution in [0.3, 0.4) is 0 Å². The van der Waals surface area contributed by atoms with E-state index in [0.29, 0.717) is 24.1 Å². The molecular weight excluding hydrogens is 328 g/mol. The number of hydrogen-bond donors (Lipinski definition) is 1. The van der Waals surface area contributed by atoms with Gasteiger partial charge in [-0.15, -0.1) is 0 Å². The van der Waals surface area contributed by atoms with Crippen molar-refractivity contribution >= 4 is 17.6 Å². The summed E-state index contributed by atoms with van der Waals surface area (Å²) in [5.74, 6) is 2.22. The van der Waals surface area contributed by atoms with Gasteiger partial charge in [0.1, 0.15) is 6.61 Å². The fraction of sp³-hybridized carbons (Fsp3) is 0.647. The number of nitrogens with zero attached hydrogens (tertiary/aromatic N) is 3. The van der Waals surface area contributed by atoms with Crippen LogP contribution in [0.25, 0.3) is 0 Å². The first-order valence-electron chi connectivity index (χ1n) is 8.43. The van der Waals surface area contributed by atoms with Gasteiger partial charge in [0.05, 0.1) is 11.6 Å². The van der Waals surface area contributed by atoms with E-state index < -0.39 is 0 Å². The van der Waals surface area contributed by atoms with Crippen LogP contribution in [0.2, 0.25) is 5.02 Å². The van der Waals surface area contributed by atoms with Gasteiger partial charge in [0.25, 0.3) is 0 Å². The summed E-state index contributed by atoms with van der Waals surface area (Å²) in [5, 5.41) is 3.91. The minimum Gasteiger partial charge on any atom is -0.476 e. The Bertz CT molecular complexity index is 504. The molecule has 2 rings (SSSR count). The Morgan fingerprint density at radius 2 is 2.25 bits per heavy atom. The first-order chi connectivity index (χ1) is 11.7. The average molecular weight is 355 g/mol. The molecule has 2 heterocycles. The molecule has 0 bridgehead atoms. The number of aliphatic imine (C=N–C) groups is 1. The molecule has 0 amide bonds. The summed E-state index contributed by atoms with van der Waals surface area (Å²) < 4.78 is 11.0. The summed E-state index contributed by atoms with van der Waals surface area (Å²) in [5.41, 5.74) is 0. The molecule has 0 radical (unpaired) electrons. The highest BCUT2D eigenvalue weighted by Gasteiger charge is 2.15. The third kappa shape index (κ3) is 6.53. The van der Waals surface area contributed by atoms with Gasteiger partial charge >= 0.3 is 0 Å². The number of aromatic nitrogens is 1. The van der Waals surface area contributed by atoms with Crippen LogP contribution < -0.4 is 10.1 Å². The van der Waals surface area contributed by atoms with E-state index in [2.05, 4.69) is 27.2 Å².